The highest BCUT2D eigenvalue weighted by atomic mass is 16.5. The summed E-state index contributed by atoms with van der Waals surface area (Å²) in [6.07, 6.45) is 0.918. The smallest absolute Gasteiger partial charge is 0.130 e. The minimum atomic E-state index is 0.0688. The van der Waals surface area contributed by atoms with E-state index in [2.05, 4.69) is 32.9 Å². The number of hydrogen-bond acceptors (Lipinski definition) is 3. The predicted molar refractivity (Wildman–Crippen MR) is 84.3 cm³/mol. The molecule has 0 atom stereocenters. The molecule has 2 rings (SSSR count). The normalized spacial score (nSPS) is 11.9. The van der Waals surface area contributed by atoms with Gasteiger partial charge in [-0.3, -0.25) is 4.98 Å². The van der Waals surface area contributed by atoms with Crippen molar-refractivity contribution < 1.29 is 4.74 Å². The fourth-order valence-corrected chi connectivity index (χ4v) is 2.54. The number of hydrogen-bond donors (Lipinski definition) is 1. The second-order valence-electron chi connectivity index (χ2n) is 6.33. The van der Waals surface area contributed by atoms with Crippen LogP contribution in [0.25, 0.3) is 10.9 Å². The fourth-order valence-electron chi connectivity index (χ4n) is 2.54. The third-order valence-corrected chi connectivity index (χ3v) is 3.67. The van der Waals surface area contributed by atoms with E-state index in [-0.39, 0.29) is 5.41 Å². The van der Waals surface area contributed by atoms with Crippen molar-refractivity contribution in [3.05, 3.63) is 35.0 Å². The first kappa shape index (κ1) is 14.8. The molecule has 3 nitrogen and oxygen atoms in total. The second-order valence-corrected chi connectivity index (χ2v) is 6.33. The molecule has 0 amide bonds. The van der Waals surface area contributed by atoms with Crippen molar-refractivity contribution in [3.8, 4) is 5.75 Å². The van der Waals surface area contributed by atoms with Gasteiger partial charge >= 0.3 is 0 Å². The summed E-state index contributed by atoms with van der Waals surface area (Å²) in [5.41, 5.74) is 10.4. The lowest BCUT2D eigenvalue weighted by Crippen LogP contribution is -2.26. The molecule has 0 saturated heterocycles. The van der Waals surface area contributed by atoms with Crippen molar-refractivity contribution in [3.63, 3.8) is 0 Å². The molecular weight excluding hydrogens is 248 g/mol. The third kappa shape index (κ3) is 2.93. The summed E-state index contributed by atoms with van der Waals surface area (Å²) < 4.78 is 5.51. The Labute approximate surface area is 121 Å². The van der Waals surface area contributed by atoms with Crippen molar-refractivity contribution >= 4 is 10.9 Å². The van der Waals surface area contributed by atoms with E-state index in [9.17, 15) is 0 Å². The first-order valence-corrected chi connectivity index (χ1v) is 7.01. The van der Waals surface area contributed by atoms with Crippen LogP contribution in [0.5, 0.6) is 5.75 Å². The zero-order valence-electron chi connectivity index (χ0n) is 13.1. The Balaban J connectivity index is 2.68. The molecular formula is C17H24N2O. The number of methoxy groups -OCH3 is 1. The van der Waals surface area contributed by atoms with Crippen LogP contribution in [0.2, 0.25) is 0 Å². The molecule has 1 aromatic heterocycles. The number of aromatic nitrogens is 1. The van der Waals surface area contributed by atoms with Gasteiger partial charge in [0.1, 0.15) is 5.75 Å². The van der Waals surface area contributed by atoms with E-state index in [0.717, 1.165) is 28.8 Å². The lowest BCUT2D eigenvalue weighted by atomic mass is 9.84. The maximum Gasteiger partial charge on any atom is 0.130 e. The highest BCUT2D eigenvalue weighted by Gasteiger charge is 2.19. The molecule has 0 aliphatic rings. The first-order valence-electron chi connectivity index (χ1n) is 7.01. The van der Waals surface area contributed by atoms with E-state index in [1.807, 2.05) is 13.0 Å². The number of aryl methyl sites for hydroxylation is 2. The minimum Gasteiger partial charge on any atom is -0.496 e. The van der Waals surface area contributed by atoms with Crippen LogP contribution in [-0.4, -0.2) is 18.6 Å². The Hall–Kier alpha value is -1.61. The number of rotatable bonds is 4. The minimum absolute atomic E-state index is 0.0688. The molecule has 2 N–H and O–H groups in total. The molecule has 0 aliphatic carbocycles. The zero-order chi connectivity index (χ0) is 14.9. The van der Waals surface area contributed by atoms with Crippen molar-refractivity contribution in [2.24, 2.45) is 11.1 Å². The van der Waals surface area contributed by atoms with Gasteiger partial charge in [0.2, 0.25) is 0 Å². The van der Waals surface area contributed by atoms with Gasteiger partial charge in [-0.15, -0.1) is 0 Å². The Bertz CT molecular complexity index is 632. The van der Waals surface area contributed by atoms with Crippen LogP contribution < -0.4 is 10.5 Å². The van der Waals surface area contributed by atoms with Crippen LogP contribution in [0.15, 0.2) is 18.2 Å². The Morgan fingerprint density at radius 1 is 1.20 bits per heavy atom. The number of pyridine rings is 1. The molecule has 0 radical (unpaired) electrons. The summed E-state index contributed by atoms with van der Waals surface area (Å²) in [6, 6.07) is 6.34. The molecule has 1 heterocycles. The van der Waals surface area contributed by atoms with E-state index in [0.29, 0.717) is 6.54 Å². The highest BCUT2D eigenvalue weighted by Crippen LogP contribution is 2.32. The van der Waals surface area contributed by atoms with Crippen LogP contribution in [0, 0.1) is 19.3 Å². The monoisotopic (exact) mass is 272 g/mol. The average Bonchev–Trinajstić information content (AvgIpc) is 2.38. The van der Waals surface area contributed by atoms with Gasteiger partial charge in [0.15, 0.2) is 0 Å². The summed E-state index contributed by atoms with van der Waals surface area (Å²) in [6.45, 7) is 9.14. The number of nitrogens with zero attached hydrogens (tertiary/aromatic N) is 1. The molecule has 108 valence electrons. The maximum atomic E-state index is 5.88. The average molecular weight is 272 g/mol. The molecule has 0 spiro atoms. The number of benzene rings is 1. The van der Waals surface area contributed by atoms with Gasteiger partial charge in [-0.1, -0.05) is 19.9 Å². The quantitative estimate of drug-likeness (QED) is 0.928. The van der Waals surface area contributed by atoms with Gasteiger partial charge in [-0.2, -0.15) is 0 Å². The van der Waals surface area contributed by atoms with E-state index in [1.54, 1.807) is 7.11 Å². The summed E-state index contributed by atoms with van der Waals surface area (Å²) in [5, 5.41) is 1.08. The van der Waals surface area contributed by atoms with Gasteiger partial charge in [-0.25, -0.2) is 0 Å². The van der Waals surface area contributed by atoms with E-state index in [4.69, 9.17) is 15.5 Å². The maximum absolute atomic E-state index is 5.88. The van der Waals surface area contributed by atoms with E-state index in [1.165, 1.54) is 11.1 Å². The van der Waals surface area contributed by atoms with Crippen LogP contribution in [0.4, 0.5) is 0 Å². The molecule has 1 aromatic carbocycles. The van der Waals surface area contributed by atoms with Crippen LogP contribution in [0.1, 0.15) is 30.7 Å². The molecule has 2 aromatic rings. The van der Waals surface area contributed by atoms with Crippen molar-refractivity contribution in [1.82, 2.24) is 4.98 Å². The molecule has 0 unspecified atom stereocenters. The van der Waals surface area contributed by atoms with Gasteiger partial charge in [0, 0.05) is 17.1 Å². The zero-order valence-corrected chi connectivity index (χ0v) is 13.1. The molecule has 0 saturated carbocycles. The van der Waals surface area contributed by atoms with Crippen molar-refractivity contribution in [2.75, 3.05) is 13.7 Å². The van der Waals surface area contributed by atoms with Crippen LogP contribution in [-0.2, 0) is 6.42 Å². The third-order valence-electron chi connectivity index (χ3n) is 3.67. The molecule has 3 heteroatoms. The molecule has 0 bridgehead atoms. The van der Waals surface area contributed by atoms with Gasteiger partial charge in [0.25, 0.3) is 0 Å². The lowest BCUT2D eigenvalue weighted by molar-refractivity contribution is 0.377. The number of ether oxygens (including phenoxy) is 1. The van der Waals surface area contributed by atoms with Crippen molar-refractivity contribution in [2.45, 2.75) is 34.1 Å². The topological polar surface area (TPSA) is 48.1 Å². The highest BCUT2D eigenvalue weighted by molar-refractivity contribution is 5.88. The standard InChI is InChI=1S/C17H24N2O/c1-11-6-13(9-17(3,4)10-18)16-14(7-11)15(20-5)8-12(2)19-16/h6-8H,9-10,18H2,1-5H3. The molecule has 20 heavy (non-hydrogen) atoms. The Morgan fingerprint density at radius 3 is 2.50 bits per heavy atom. The lowest BCUT2D eigenvalue weighted by Gasteiger charge is -2.23. The van der Waals surface area contributed by atoms with E-state index < -0.39 is 0 Å². The summed E-state index contributed by atoms with van der Waals surface area (Å²) in [5.74, 6) is 0.892. The largest absolute Gasteiger partial charge is 0.496 e. The summed E-state index contributed by atoms with van der Waals surface area (Å²) in [7, 11) is 1.71. The predicted octanol–water partition coefficient (Wildman–Crippen LogP) is 3.39. The van der Waals surface area contributed by atoms with E-state index >= 15 is 0 Å². The van der Waals surface area contributed by atoms with Gasteiger partial charge in [0.05, 0.1) is 12.6 Å². The fraction of sp³-hybridized carbons (Fsp3) is 0.471. The number of nitrogens with two attached hydrogens (primary N) is 1. The van der Waals surface area contributed by atoms with Crippen LogP contribution >= 0.6 is 0 Å². The molecule has 0 aliphatic heterocycles. The van der Waals surface area contributed by atoms with Gasteiger partial charge in [-0.05, 0) is 49.4 Å². The molecule has 0 fully saturated rings. The summed E-state index contributed by atoms with van der Waals surface area (Å²) >= 11 is 0. The number of fused-ring (bicyclic) bond motifs is 1. The Kier molecular flexibility index (Phi) is 4.00. The Morgan fingerprint density at radius 2 is 1.90 bits per heavy atom. The van der Waals surface area contributed by atoms with Crippen LogP contribution in [0.3, 0.4) is 0 Å². The SMILES string of the molecule is COc1cc(C)nc2c(CC(C)(C)CN)cc(C)cc12. The summed E-state index contributed by atoms with van der Waals surface area (Å²) in [4.78, 5) is 4.72. The van der Waals surface area contributed by atoms with Crippen molar-refractivity contribution in [1.29, 1.82) is 0 Å². The second kappa shape index (κ2) is 5.41. The van der Waals surface area contributed by atoms with Gasteiger partial charge < -0.3 is 10.5 Å². The first-order chi connectivity index (χ1) is 9.36.